The van der Waals surface area contributed by atoms with E-state index in [2.05, 4.69) is 19.2 Å². The molecular formula is C21H24F3NO2. The van der Waals surface area contributed by atoms with Gasteiger partial charge in [-0.15, -0.1) is 0 Å². The molecule has 0 aliphatic heterocycles. The molecule has 2 aromatic rings. The zero-order valence-corrected chi connectivity index (χ0v) is 15.7. The summed E-state index contributed by atoms with van der Waals surface area (Å²) in [5.74, 6) is 0.779. The number of halogens is 3. The van der Waals surface area contributed by atoms with Gasteiger partial charge in [0.1, 0.15) is 5.75 Å². The summed E-state index contributed by atoms with van der Waals surface area (Å²) in [4.78, 5) is 12.3. The molecule has 1 amide bonds. The zero-order chi connectivity index (χ0) is 20.0. The molecule has 0 fully saturated rings. The van der Waals surface area contributed by atoms with Gasteiger partial charge < -0.3 is 10.1 Å². The summed E-state index contributed by atoms with van der Waals surface area (Å²) >= 11 is 0. The van der Waals surface area contributed by atoms with Crippen molar-refractivity contribution >= 4 is 5.91 Å². The quantitative estimate of drug-likeness (QED) is 0.715. The smallest absolute Gasteiger partial charge is 0.416 e. The molecule has 27 heavy (non-hydrogen) atoms. The van der Waals surface area contributed by atoms with Crippen LogP contribution in [0.3, 0.4) is 0 Å². The molecule has 6 heteroatoms. The number of carbonyl (C=O) groups is 1. The molecular weight excluding hydrogens is 355 g/mol. The molecule has 0 aromatic heterocycles. The van der Waals surface area contributed by atoms with Crippen LogP contribution < -0.4 is 10.1 Å². The van der Waals surface area contributed by atoms with E-state index in [0.717, 1.165) is 36.1 Å². The van der Waals surface area contributed by atoms with Gasteiger partial charge in [-0.2, -0.15) is 13.2 Å². The molecule has 1 atom stereocenters. The van der Waals surface area contributed by atoms with Gasteiger partial charge in [0.15, 0.2) is 0 Å². The molecule has 0 bridgehead atoms. The van der Waals surface area contributed by atoms with E-state index in [0.29, 0.717) is 11.7 Å². The highest BCUT2D eigenvalue weighted by Gasteiger charge is 2.30. The fourth-order valence-corrected chi connectivity index (χ4v) is 2.73. The Bertz CT molecular complexity index is 770. The number of hydrogen-bond acceptors (Lipinski definition) is 2. The number of rotatable bonds is 7. The van der Waals surface area contributed by atoms with Gasteiger partial charge in [0.05, 0.1) is 12.7 Å². The lowest BCUT2D eigenvalue weighted by molar-refractivity contribution is -0.137. The second-order valence-electron chi connectivity index (χ2n) is 6.62. The molecule has 0 saturated heterocycles. The average molecular weight is 379 g/mol. The Labute approximate surface area is 157 Å². The van der Waals surface area contributed by atoms with Gasteiger partial charge in [-0.1, -0.05) is 32.4 Å². The van der Waals surface area contributed by atoms with Crippen molar-refractivity contribution in [2.24, 2.45) is 5.92 Å². The first kappa shape index (κ1) is 20.8. The minimum Gasteiger partial charge on any atom is -0.496 e. The number of carbonyl (C=O) groups excluding carboxylic acids is 1. The normalized spacial score (nSPS) is 12.5. The van der Waals surface area contributed by atoms with E-state index in [-0.39, 0.29) is 12.1 Å². The summed E-state index contributed by atoms with van der Waals surface area (Å²) in [6.45, 7) is 4.55. The van der Waals surface area contributed by atoms with Crippen LogP contribution in [0.25, 0.3) is 0 Å². The lowest BCUT2D eigenvalue weighted by Gasteiger charge is -2.14. The molecule has 146 valence electrons. The summed E-state index contributed by atoms with van der Waals surface area (Å²) in [6.07, 6.45) is -2.41. The number of nitrogens with one attached hydrogen (secondary N) is 1. The average Bonchev–Trinajstić information content (AvgIpc) is 2.65. The summed E-state index contributed by atoms with van der Waals surface area (Å²) in [5, 5.41) is 2.74. The second kappa shape index (κ2) is 8.93. The first-order chi connectivity index (χ1) is 12.7. The summed E-state index contributed by atoms with van der Waals surface area (Å²) in [6, 6.07) is 10.0. The van der Waals surface area contributed by atoms with Gasteiger partial charge in [-0.25, -0.2) is 0 Å². The van der Waals surface area contributed by atoms with Crippen molar-refractivity contribution in [3.05, 3.63) is 64.7 Å². The molecule has 1 unspecified atom stereocenters. The topological polar surface area (TPSA) is 38.3 Å². The standard InChI is InChI=1S/C21H24F3NO2/c1-4-14(2)11-15-5-10-19(27-3)17(12-15)13-25-20(26)16-6-8-18(9-7-16)21(22,23)24/h5-10,12,14H,4,11,13H2,1-3H3,(H,25,26). The number of hydrogen-bond donors (Lipinski definition) is 1. The number of ether oxygens (including phenoxy) is 1. The molecule has 0 aliphatic carbocycles. The maximum Gasteiger partial charge on any atom is 0.416 e. The van der Waals surface area contributed by atoms with Crippen LogP contribution >= 0.6 is 0 Å². The fourth-order valence-electron chi connectivity index (χ4n) is 2.73. The SMILES string of the molecule is CCC(C)Cc1ccc(OC)c(CNC(=O)c2ccc(C(F)(F)F)cc2)c1. The lowest BCUT2D eigenvalue weighted by Crippen LogP contribution is -2.23. The molecule has 3 nitrogen and oxygen atoms in total. The predicted molar refractivity (Wildman–Crippen MR) is 98.8 cm³/mol. The van der Waals surface area contributed by atoms with Crippen LogP contribution in [0.1, 0.15) is 47.3 Å². The predicted octanol–water partition coefficient (Wildman–Crippen LogP) is 5.23. The third kappa shape index (κ3) is 5.74. The monoisotopic (exact) mass is 379 g/mol. The van der Waals surface area contributed by atoms with Crippen molar-refractivity contribution in [1.82, 2.24) is 5.32 Å². The summed E-state index contributed by atoms with van der Waals surface area (Å²) in [7, 11) is 1.56. The Morgan fingerprint density at radius 3 is 2.37 bits per heavy atom. The molecule has 0 aliphatic rings. The van der Waals surface area contributed by atoms with Crippen LogP contribution in [0.5, 0.6) is 5.75 Å². The van der Waals surface area contributed by atoms with Gasteiger partial charge in [-0.3, -0.25) is 4.79 Å². The highest BCUT2D eigenvalue weighted by atomic mass is 19.4. The first-order valence-corrected chi connectivity index (χ1v) is 8.85. The number of benzene rings is 2. The van der Waals surface area contributed by atoms with Crippen LogP contribution in [0.2, 0.25) is 0 Å². The van der Waals surface area contributed by atoms with Crippen molar-refractivity contribution in [1.29, 1.82) is 0 Å². The maximum atomic E-state index is 12.6. The van der Waals surface area contributed by atoms with E-state index < -0.39 is 17.6 Å². The Hall–Kier alpha value is -2.50. The Morgan fingerprint density at radius 2 is 1.81 bits per heavy atom. The van der Waals surface area contributed by atoms with E-state index in [1.165, 1.54) is 12.1 Å². The lowest BCUT2D eigenvalue weighted by atomic mass is 9.97. The van der Waals surface area contributed by atoms with E-state index in [9.17, 15) is 18.0 Å². The van der Waals surface area contributed by atoms with E-state index in [1.54, 1.807) is 7.11 Å². The number of methoxy groups -OCH3 is 1. The molecule has 0 saturated carbocycles. The van der Waals surface area contributed by atoms with E-state index in [4.69, 9.17) is 4.74 Å². The highest BCUT2D eigenvalue weighted by Crippen LogP contribution is 2.29. The fraction of sp³-hybridized carbons (Fsp3) is 0.381. The minimum absolute atomic E-state index is 0.178. The van der Waals surface area contributed by atoms with E-state index >= 15 is 0 Å². The Kier molecular flexibility index (Phi) is 6.88. The molecule has 0 heterocycles. The van der Waals surface area contributed by atoms with Crippen LogP contribution in [-0.2, 0) is 19.1 Å². The molecule has 0 radical (unpaired) electrons. The van der Waals surface area contributed by atoms with Crippen molar-refractivity contribution in [3.8, 4) is 5.75 Å². The van der Waals surface area contributed by atoms with Crippen LogP contribution in [0.4, 0.5) is 13.2 Å². The summed E-state index contributed by atoms with van der Waals surface area (Å²) < 4.78 is 43.2. The maximum absolute atomic E-state index is 12.6. The Balaban J connectivity index is 2.08. The van der Waals surface area contributed by atoms with Crippen LogP contribution in [-0.4, -0.2) is 13.0 Å². The zero-order valence-electron chi connectivity index (χ0n) is 15.7. The van der Waals surface area contributed by atoms with Gasteiger partial charge in [0, 0.05) is 17.7 Å². The first-order valence-electron chi connectivity index (χ1n) is 8.85. The van der Waals surface area contributed by atoms with Crippen molar-refractivity contribution in [2.45, 2.75) is 39.4 Å². The highest BCUT2D eigenvalue weighted by molar-refractivity contribution is 5.94. The van der Waals surface area contributed by atoms with Gasteiger partial charge in [-0.05, 0) is 48.2 Å². The summed E-state index contributed by atoms with van der Waals surface area (Å²) in [5.41, 5.74) is 1.39. The third-order valence-corrected chi connectivity index (χ3v) is 4.54. The molecule has 1 N–H and O–H groups in total. The Morgan fingerprint density at radius 1 is 1.15 bits per heavy atom. The number of amides is 1. The van der Waals surface area contributed by atoms with Crippen molar-refractivity contribution in [2.75, 3.05) is 7.11 Å². The van der Waals surface area contributed by atoms with Crippen LogP contribution in [0.15, 0.2) is 42.5 Å². The van der Waals surface area contributed by atoms with Crippen molar-refractivity contribution < 1.29 is 22.7 Å². The second-order valence-corrected chi connectivity index (χ2v) is 6.62. The van der Waals surface area contributed by atoms with Gasteiger partial charge in [0.2, 0.25) is 0 Å². The molecule has 2 rings (SSSR count). The van der Waals surface area contributed by atoms with Crippen molar-refractivity contribution in [3.63, 3.8) is 0 Å². The number of alkyl halides is 3. The molecule has 2 aromatic carbocycles. The van der Waals surface area contributed by atoms with Crippen LogP contribution in [0, 0.1) is 5.92 Å². The van der Waals surface area contributed by atoms with E-state index in [1.807, 2.05) is 18.2 Å². The minimum atomic E-state index is -4.42. The third-order valence-electron chi connectivity index (χ3n) is 4.54. The van der Waals surface area contributed by atoms with Gasteiger partial charge >= 0.3 is 6.18 Å². The van der Waals surface area contributed by atoms with Gasteiger partial charge in [0.25, 0.3) is 5.91 Å². The molecule has 0 spiro atoms. The largest absolute Gasteiger partial charge is 0.496 e.